The Kier molecular flexibility index (Phi) is 5.99. The summed E-state index contributed by atoms with van der Waals surface area (Å²) in [6, 6.07) is 12.9. The first-order valence-corrected chi connectivity index (χ1v) is 11.5. The van der Waals surface area contributed by atoms with E-state index >= 15 is 0 Å². The normalized spacial score (nSPS) is 23.1. The summed E-state index contributed by atoms with van der Waals surface area (Å²) in [5, 5.41) is 1.68. The molecule has 6 heteroatoms. The minimum absolute atomic E-state index is 0.00953. The Morgan fingerprint density at radius 3 is 2.69 bits per heavy atom. The molecule has 0 amide bonds. The maximum absolute atomic E-state index is 6.16. The summed E-state index contributed by atoms with van der Waals surface area (Å²) in [4.78, 5) is 14.5. The third kappa shape index (κ3) is 3.82. The van der Waals surface area contributed by atoms with Gasteiger partial charge in [0.25, 0.3) is 0 Å². The quantitative estimate of drug-likeness (QED) is 0.648. The highest BCUT2D eigenvalue weighted by Gasteiger charge is 2.44. The van der Waals surface area contributed by atoms with Crippen molar-refractivity contribution in [2.24, 2.45) is 4.99 Å². The number of ether oxygens (including phenoxy) is 1. The first kappa shape index (κ1) is 20.1. The van der Waals surface area contributed by atoms with Gasteiger partial charge in [-0.25, -0.2) is 0 Å². The molecule has 0 aliphatic carbocycles. The molecule has 5 nitrogen and oxygen atoms in total. The molecule has 0 unspecified atom stereocenters. The van der Waals surface area contributed by atoms with Gasteiger partial charge in [-0.3, -0.25) is 9.98 Å². The van der Waals surface area contributed by atoms with Crippen LogP contribution in [0.2, 0.25) is 0 Å². The van der Waals surface area contributed by atoms with Crippen molar-refractivity contribution in [3.05, 3.63) is 53.9 Å². The maximum atomic E-state index is 6.16. The number of fused-ring (bicyclic) bond motifs is 1. The zero-order valence-corrected chi connectivity index (χ0v) is 18.5. The van der Waals surface area contributed by atoms with E-state index in [0.717, 1.165) is 36.2 Å². The summed E-state index contributed by atoms with van der Waals surface area (Å²) >= 11 is 1.87. The Balaban J connectivity index is 1.78. The standard InChI is InChI=1S/C23H30N4OS/c1-5-26(6-2)17-11-12-18(20(14-17)28-7-3)22-21(19-10-8-9-13-24-19)25-23-27(22)15-16(4)29-23/h8-14,16,21-22H,5-7,15H2,1-4H3/t16-,21-,22-/m1/s1. The fraction of sp³-hybridized carbons (Fsp3) is 0.478. The third-order valence-electron chi connectivity index (χ3n) is 5.63. The Hall–Kier alpha value is -2.21. The van der Waals surface area contributed by atoms with E-state index < -0.39 is 0 Å². The van der Waals surface area contributed by atoms with Gasteiger partial charge in [0.1, 0.15) is 11.8 Å². The predicted molar refractivity (Wildman–Crippen MR) is 122 cm³/mol. The SMILES string of the molecule is CCOc1cc(N(CC)CC)ccc1[C@@H]1[C@@H](c2ccccn2)N=C2S[C@H](C)CN21. The van der Waals surface area contributed by atoms with E-state index in [2.05, 4.69) is 66.7 Å². The van der Waals surface area contributed by atoms with E-state index in [-0.39, 0.29) is 12.1 Å². The smallest absolute Gasteiger partial charge is 0.160 e. The van der Waals surface area contributed by atoms with Crippen LogP contribution in [0.25, 0.3) is 0 Å². The molecule has 3 heterocycles. The minimum Gasteiger partial charge on any atom is -0.493 e. The van der Waals surface area contributed by atoms with Gasteiger partial charge in [-0.1, -0.05) is 30.8 Å². The van der Waals surface area contributed by atoms with Crippen LogP contribution in [0.1, 0.15) is 51.0 Å². The lowest BCUT2D eigenvalue weighted by atomic mass is 9.95. The van der Waals surface area contributed by atoms with Crippen LogP contribution >= 0.6 is 11.8 Å². The number of aromatic nitrogens is 1. The largest absolute Gasteiger partial charge is 0.493 e. The van der Waals surface area contributed by atoms with Crippen LogP contribution in [0.15, 0.2) is 47.6 Å². The molecule has 0 radical (unpaired) electrons. The van der Waals surface area contributed by atoms with Crippen molar-refractivity contribution in [2.75, 3.05) is 31.1 Å². The third-order valence-corrected chi connectivity index (χ3v) is 6.73. The minimum atomic E-state index is -0.00953. The number of rotatable bonds is 7. The monoisotopic (exact) mass is 410 g/mol. The van der Waals surface area contributed by atoms with Crippen molar-refractivity contribution < 1.29 is 4.74 Å². The molecular formula is C23H30N4OS. The second kappa shape index (κ2) is 8.66. The Labute approximate surface area is 178 Å². The van der Waals surface area contributed by atoms with Gasteiger partial charge in [0.15, 0.2) is 5.17 Å². The molecule has 0 saturated carbocycles. The van der Waals surface area contributed by atoms with Crippen LogP contribution < -0.4 is 9.64 Å². The lowest BCUT2D eigenvalue weighted by molar-refractivity contribution is 0.292. The van der Waals surface area contributed by atoms with Crippen molar-refractivity contribution in [3.8, 4) is 5.75 Å². The fourth-order valence-electron chi connectivity index (χ4n) is 4.29. The van der Waals surface area contributed by atoms with E-state index in [4.69, 9.17) is 9.73 Å². The molecule has 2 aliphatic rings. The summed E-state index contributed by atoms with van der Waals surface area (Å²) in [5.41, 5.74) is 3.43. The van der Waals surface area contributed by atoms with Gasteiger partial charge in [0.05, 0.1) is 18.3 Å². The van der Waals surface area contributed by atoms with Crippen LogP contribution in [0.4, 0.5) is 5.69 Å². The summed E-state index contributed by atoms with van der Waals surface area (Å²) < 4.78 is 6.16. The molecule has 3 atom stereocenters. The molecule has 29 heavy (non-hydrogen) atoms. The molecule has 1 fully saturated rings. The number of anilines is 1. The van der Waals surface area contributed by atoms with Crippen molar-refractivity contribution in [3.63, 3.8) is 0 Å². The van der Waals surface area contributed by atoms with E-state index in [1.165, 1.54) is 11.3 Å². The van der Waals surface area contributed by atoms with Gasteiger partial charge < -0.3 is 14.5 Å². The van der Waals surface area contributed by atoms with E-state index in [9.17, 15) is 0 Å². The van der Waals surface area contributed by atoms with Gasteiger partial charge in [0, 0.05) is 48.4 Å². The van der Waals surface area contributed by atoms with Crippen LogP contribution in [0.3, 0.4) is 0 Å². The highest BCUT2D eigenvalue weighted by Crippen LogP contribution is 2.50. The van der Waals surface area contributed by atoms with Crippen LogP contribution in [0, 0.1) is 0 Å². The van der Waals surface area contributed by atoms with E-state index in [1.807, 2.05) is 30.1 Å². The summed E-state index contributed by atoms with van der Waals surface area (Å²) in [6.07, 6.45) is 1.86. The molecule has 4 rings (SSSR count). The number of nitrogens with zero attached hydrogens (tertiary/aromatic N) is 4. The Bertz CT molecular complexity index is 868. The van der Waals surface area contributed by atoms with Gasteiger partial charge >= 0.3 is 0 Å². The lowest BCUT2D eigenvalue weighted by Gasteiger charge is -2.30. The maximum Gasteiger partial charge on any atom is 0.160 e. The number of amidine groups is 1. The van der Waals surface area contributed by atoms with Crippen molar-refractivity contribution >= 4 is 22.6 Å². The molecule has 0 N–H and O–H groups in total. The highest BCUT2D eigenvalue weighted by atomic mass is 32.2. The number of pyridine rings is 1. The van der Waals surface area contributed by atoms with E-state index in [1.54, 1.807) is 0 Å². The van der Waals surface area contributed by atoms with Gasteiger partial charge in [0.2, 0.25) is 0 Å². The van der Waals surface area contributed by atoms with Crippen molar-refractivity contribution in [2.45, 2.75) is 45.0 Å². The Morgan fingerprint density at radius 2 is 2.00 bits per heavy atom. The zero-order valence-electron chi connectivity index (χ0n) is 17.7. The number of thioether (sulfide) groups is 1. The second-order valence-electron chi connectivity index (χ2n) is 7.46. The summed E-state index contributed by atoms with van der Waals surface area (Å²) in [6.45, 7) is 12.3. The highest BCUT2D eigenvalue weighted by molar-refractivity contribution is 8.14. The van der Waals surface area contributed by atoms with Crippen LogP contribution in [-0.4, -0.2) is 46.5 Å². The molecule has 1 aromatic heterocycles. The molecule has 2 aromatic rings. The lowest BCUT2D eigenvalue weighted by Crippen LogP contribution is -2.29. The average Bonchev–Trinajstić information content (AvgIpc) is 3.26. The van der Waals surface area contributed by atoms with Crippen LogP contribution in [0.5, 0.6) is 5.75 Å². The number of hydrogen-bond acceptors (Lipinski definition) is 6. The summed E-state index contributed by atoms with van der Waals surface area (Å²) in [7, 11) is 0. The predicted octanol–water partition coefficient (Wildman–Crippen LogP) is 4.92. The van der Waals surface area contributed by atoms with Gasteiger partial charge in [-0.2, -0.15) is 0 Å². The van der Waals surface area contributed by atoms with Crippen molar-refractivity contribution in [1.82, 2.24) is 9.88 Å². The summed E-state index contributed by atoms with van der Waals surface area (Å²) in [5.74, 6) is 0.962. The second-order valence-corrected chi connectivity index (χ2v) is 8.87. The Morgan fingerprint density at radius 1 is 1.17 bits per heavy atom. The fourth-order valence-corrected chi connectivity index (χ4v) is 5.38. The molecule has 0 bridgehead atoms. The molecule has 1 saturated heterocycles. The number of aliphatic imine (C=N–C) groups is 1. The topological polar surface area (TPSA) is 41.0 Å². The van der Waals surface area contributed by atoms with Crippen LogP contribution in [-0.2, 0) is 0 Å². The molecule has 154 valence electrons. The molecule has 0 spiro atoms. The zero-order chi connectivity index (χ0) is 20.4. The number of hydrogen-bond donors (Lipinski definition) is 0. The van der Waals surface area contributed by atoms with E-state index in [0.29, 0.717) is 11.9 Å². The van der Waals surface area contributed by atoms with Gasteiger partial charge in [-0.05, 0) is 39.0 Å². The van der Waals surface area contributed by atoms with Gasteiger partial charge in [-0.15, -0.1) is 0 Å². The number of benzene rings is 1. The first-order chi connectivity index (χ1) is 14.2. The average molecular weight is 411 g/mol. The molecule has 1 aromatic carbocycles. The molecule has 2 aliphatic heterocycles. The first-order valence-electron chi connectivity index (χ1n) is 10.6. The molecular weight excluding hydrogens is 380 g/mol. The van der Waals surface area contributed by atoms with Crippen molar-refractivity contribution in [1.29, 1.82) is 0 Å².